The van der Waals surface area contributed by atoms with Gasteiger partial charge in [-0.25, -0.2) is 4.98 Å². The minimum absolute atomic E-state index is 0.0653. The third-order valence-corrected chi connectivity index (χ3v) is 8.26. The van der Waals surface area contributed by atoms with E-state index in [1.165, 1.54) is 40.3 Å². The summed E-state index contributed by atoms with van der Waals surface area (Å²) < 4.78 is 2.32. The molecule has 5 aromatic rings. The van der Waals surface area contributed by atoms with Crippen molar-refractivity contribution in [2.45, 2.75) is 58.5 Å². The number of nitrogens with one attached hydrogen (secondary N) is 1. The summed E-state index contributed by atoms with van der Waals surface area (Å²) in [6.45, 7) is 5.35. The van der Waals surface area contributed by atoms with E-state index in [-0.39, 0.29) is 17.6 Å². The zero-order chi connectivity index (χ0) is 26.9. The molecule has 1 fully saturated rings. The highest BCUT2D eigenvalue weighted by Gasteiger charge is 2.32. The van der Waals surface area contributed by atoms with Gasteiger partial charge in [-0.2, -0.15) is 0 Å². The predicted octanol–water partition coefficient (Wildman–Crippen LogP) is 7.15. The Bertz CT molecular complexity index is 1650. The van der Waals surface area contributed by atoms with Gasteiger partial charge in [0.2, 0.25) is 5.91 Å². The van der Waals surface area contributed by atoms with Crippen LogP contribution in [0.4, 0.5) is 0 Å². The number of aromatic hydroxyl groups is 1. The van der Waals surface area contributed by atoms with Gasteiger partial charge < -0.3 is 15.0 Å². The van der Waals surface area contributed by atoms with Crippen LogP contribution in [0, 0.1) is 19.8 Å². The predicted molar refractivity (Wildman–Crippen MR) is 157 cm³/mol. The van der Waals surface area contributed by atoms with Crippen molar-refractivity contribution in [3.05, 3.63) is 107 Å². The first-order valence-corrected chi connectivity index (χ1v) is 14.0. The molecule has 3 aromatic carbocycles. The Kier molecular flexibility index (Phi) is 6.82. The van der Waals surface area contributed by atoms with Gasteiger partial charge in [0.1, 0.15) is 11.4 Å². The van der Waals surface area contributed by atoms with Gasteiger partial charge in [-0.3, -0.25) is 4.79 Å². The molecule has 0 saturated heterocycles. The Morgan fingerprint density at radius 2 is 1.74 bits per heavy atom. The molecule has 1 aliphatic rings. The third-order valence-electron chi connectivity index (χ3n) is 8.26. The number of carbonyl (C=O) groups excluding carboxylic acids is 1. The minimum atomic E-state index is -0.168. The molecule has 0 radical (unpaired) electrons. The molecule has 39 heavy (non-hydrogen) atoms. The van der Waals surface area contributed by atoms with Crippen LogP contribution in [-0.2, 0) is 17.9 Å². The Morgan fingerprint density at radius 1 is 0.974 bits per heavy atom. The molecule has 0 bridgehead atoms. The normalized spacial score (nSPS) is 14.7. The average Bonchev–Trinajstić information content (AvgIpc) is 3.56. The second-order valence-electron chi connectivity index (χ2n) is 11.0. The summed E-state index contributed by atoms with van der Waals surface area (Å²) in [4.78, 5) is 18.4. The lowest BCUT2D eigenvalue weighted by Crippen LogP contribution is -2.32. The summed E-state index contributed by atoms with van der Waals surface area (Å²) in [7, 11) is 0. The van der Waals surface area contributed by atoms with Gasteiger partial charge >= 0.3 is 0 Å². The van der Waals surface area contributed by atoms with Crippen LogP contribution in [0.1, 0.15) is 59.5 Å². The number of nitrogens with zero attached hydrogens (tertiary/aromatic N) is 2. The van der Waals surface area contributed by atoms with Crippen molar-refractivity contribution < 1.29 is 9.90 Å². The van der Waals surface area contributed by atoms with Crippen LogP contribution in [0.25, 0.3) is 21.9 Å². The first-order chi connectivity index (χ1) is 19.0. The van der Waals surface area contributed by atoms with Gasteiger partial charge in [0.05, 0.1) is 11.4 Å². The van der Waals surface area contributed by atoms with Gasteiger partial charge in [0.15, 0.2) is 0 Å². The SMILES string of the molecule is Cc1cc(C)c2c3ccccc3n(Cc3ccc(C(C(=O)NCc4cccc(O)c4)C4CCCC4)cc3)c2n1. The zero-order valence-electron chi connectivity index (χ0n) is 22.7. The lowest BCUT2D eigenvalue weighted by atomic mass is 9.83. The molecule has 2 heterocycles. The number of phenols is 1. The maximum absolute atomic E-state index is 13.5. The number of para-hydroxylation sites is 1. The fourth-order valence-electron chi connectivity index (χ4n) is 6.45. The van der Waals surface area contributed by atoms with Crippen molar-refractivity contribution in [3.63, 3.8) is 0 Å². The van der Waals surface area contributed by atoms with Crippen molar-refractivity contribution >= 4 is 27.8 Å². The summed E-state index contributed by atoms with van der Waals surface area (Å²) in [5.41, 5.74) is 7.64. The molecular formula is C34H35N3O2. The number of amides is 1. The summed E-state index contributed by atoms with van der Waals surface area (Å²) in [5.74, 6) is 0.468. The smallest absolute Gasteiger partial charge is 0.228 e. The van der Waals surface area contributed by atoms with Crippen molar-refractivity contribution in [1.82, 2.24) is 14.9 Å². The zero-order valence-corrected chi connectivity index (χ0v) is 22.7. The Hall–Kier alpha value is -4.12. The average molecular weight is 518 g/mol. The molecule has 5 heteroatoms. The molecule has 1 saturated carbocycles. The van der Waals surface area contributed by atoms with Crippen LogP contribution in [0.3, 0.4) is 0 Å². The molecule has 0 aliphatic heterocycles. The maximum Gasteiger partial charge on any atom is 0.228 e. The number of hydrogen-bond donors (Lipinski definition) is 2. The molecular weight excluding hydrogens is 482 g/mol. The van der Waals surface area contributed by atoms with Crippen molar-refractivity contribution in [3.8, 4) is 5.75 Å². The highest BCUT2D eigenvalue weighted by atomic mass is 16.3. The number of carbonyl (C=O) groups is 1. The number of fused-ring (bicyclic) bond motifs is 3. The Labute approximate surface area is 229 Å². The van der Waals surface area contributed by atoms with E-state index in [0.29, 0.717) is 12.5 Å². The third kappa shape index (κ3) is 5.01. The fourth-order valence-corrected chi connectivity index (χ4v) is 6.45. The van der Waals surface area contributed by atoms with Crippen LogP contribution in [-0.4, -0.2) is 20.6 Å². The van der Waals surface area contributed by atoms with Gasteiger partial charge in [-0.1, -0.05) is 67.4 Å². The summed E-state index contributed by atoms with van der Waals surface area (Å²) in [6.07, 6.45) is 4.52. The number of phenolic OH excluding ortho intramolecular Hbond substituents is 1. The molecule has 2 aromatic heterocycles. The number of hydrogen-bond acceptors (Lipinski definition) is 3. The molecule has 0 spiro atoms. The molecule has 1 amide bonds. The van der Waals surface area contributed by atoms with Gasteiger partial charge in [0.25, 0.3) is 0 Å². The molecule has 1 unspecified atom stereocenters. The van der Waals surface area contributed by atoms with E-state index < -0.39 is 0 Å². The van der Waals surface area contributed by atoms with E-state index >= 15 is 0 Å². The maximum atomic E-state index is 13.5. The van der Waals surface area contributed by atoms with Crippen LogP contribution in [0.5, 0.6) is 5.75 Å². The van der Waals surface area contributed by atoms with Gasteiger partial charge in [-0.15, -0.1) is 0 Å². The lowest BCUT2D eigenvalue weighted by molar-refractivity contribution is -0.123. The number of pyridine rings is 1. The molecule has 6 rings (SSSR count). The number of aryl methyl sites for hydroxylation is 2. The number of rotatable bonds is 7. The van der Waals surface area contributed by atoms with E-state index in [1.54, 1.807) is 18.2 Å². The number of aromatic nitrogens is 2. The van der Waals surface area contributed by atoms with E-state index in [1.807, 2.05) is 6.07 Å². The first-order valence-electron chi connectivity index (χ1n) is 14.0. The van der Waals surface area contributed by atoms with E-state index in [0.717, 1.165) is 41.9 Å². The molecule has 2 N–H and O–H groups in total. The highest BCUT2D eigenvalue weighted by Crippen LogP contribution is 2.38. The van der Waals surface area contributed by atoms with Crippen LogP contribution < -0.4 is 5.32 Å². The molecule has 1 atom stereocenters. The van der Waals surface area contributed by atoms with Crippen molar-refractivity contribution in [2.75, 3.05) is 0 Å². The Morgan fingerprint density at radius 3 is 2.51 bits per heavy atom. The monoisotopic (exact) mass is 517 g/mol. The summed E-state index contributed by atoms with van der Waals surface area (Å²) in [5, 5.41) is 15.4. The topological polar surface area (TPSA) is 67.2 Å². The molecule has 198 valence electrons. The van der Waals surface area contributed by atoms with E-state index in [9.17, 15) is 9.90 Å². The van der Waals surface area contributed by atoms with Crippen LogP contribution >= 0.6 is 0 Å². The largest absolute Gasteiger partial charge is 0.508 e. The standard InChI is InChI=1S/C34H35N3O2/c1-22-18-23(2)36-33-31(22)29-12-5-6-13-30(29)37(33)21-24-14-16-27(17-15-24)32(26-9-3-4-10-26)34(39)35-20-25-8-7-11-28(38)19-25/h5-8,11-19,26,32,38H,3-4,9-10,20-21H2,1-2H3,(H,35,39). The fraction of sp³-hybridized carbons (Fsp3) is 0.294. The second kappa shape index (κ2) is 10.6. The minimum Gasteiger partial charge on any atom is -0.508 e. The highest BCUT2D eigenvalue weighted by molar-refractivity contribution is 6.08. The lowest BCUT2D eigenvalue weighted by Gasteiger charge is -2.23. The van der Waals surface area contributed by atoms with E-state index in [2.05, 4.69) is 78.3 Å². The quantitative estimate of drug-likeness (QED) is 0.241. The summed E-state index contributed by atoms with van der Waals surface area (Å²) >= 11 is 0. The van der Waals surface area contributed by atoms with Crippen LogP contribution in [0.2, 0.25) is 0 Å². The van der Waals surface area contributed by atoms with Crippen LogP contribution in [0.15, 0.2) is 78.9 Å². The number of benzene rings is 3. The van der Waals surface area contributed by atoms with Gasteiger partial charge in [-0.05, 0) is 79.1 Å². The first kappa shape index (κ1) is 25.2. The molecule has 1 aliphatic carbocycles. The van der Waals surface area contributed by atoms with Crippen molar-refractivity contribution in [1.29, 1.82) is 0 Å². The van der Waals surface area contributed by atoms with E-state index in [4.69, 9.17) is 4.98 Å². The van der Waals surface area contributed by atoms with Gasteiger partial charge in [0, 0.05) is 29.6 Å². The second-order valence-corrected chi connectivity index (χ2v) is 11.0. The van der Waals surface area contributed by atoms with Crippen molar-refractivity contribution in [2.24, 2.45) is 5.92 Å². The molecule has 5 nitrogen and oxygen atoms in total. The summed E-state index contributed by atoms with van der Waals surface area (Å²) in [6, 6.07) is 26.4. The Balaban J connectivity index is 1.28.